The monoisotopic (exact) mass is 371 g/mol. The second-order valence-electron chi connectivity index (χ2n) is 3.70. The molecule has 0 aliphatic carbocycles. The van der Waals surface area contributed by atoms with Crippen LogP contribution >= 0.6 is 31.9 Å². The molecule has 1 aromatic heterocycles. The first-order chi connectivity index (χ1) is 8.60. The zero-order valence-corrected chi connectivity index (χ0v) is 13.1. The number of halogens is 2. The Morgan fingerprint density at radius 3 is 2.56 bits per heavy atom. The van der Waals surface area contributed by atoms with E-state index in [4.69, 9.17) is 9.47 Å². The fourth-order valence-electron chi connectivity index (χ4n) is 1.44. The molecule has 0 unspecified atom stereocenters. The van der Waals surface area contributed by atoms with Crippen molar-refractivity contribution in [2.24, 2.45) is 0 Å². The third kappa shape index (κ3) is 3.03. The molecule has 3 nitrogen and oxygen atoms in total. The van der Waals surface area contributed by atoms with E-state index in [2.05, 4.69) is 36.8 Å². The molecule has 0 aliphatic heterocycles. The Labute approximate surface area is 122 Å². The van der Waals surface area contributed by atoms with E-state index in [-0.39, 0.29) is 0 Å². The first kappa shape index (κ1) is 13.4. The maximum Gasteiger partial charge on any atom is 0.233 e. The van der Waals surface area contributed by atoms with Crippen LogP contribution in [0.4, 0.5) is 0 Å². The normalized spacial score (nSPS) is 10.2. The van der Waals surface area contributed by atoms with Crippen molar-refractivity contribution in [3.63, 3.8) is 0 Å². The summed E-state index contributed by atoms with van der Waals surface area (Å²) in [6, 6.07) is 7.63. The lowest BCUT2D eigenvalue weighted by Crippen LogP contribution is -1.93. The molecular weight excluding hydrogens is 362 g/mol. The number of aryl methyl sites for hydroxylation is 1. The highest BCUT2D eigenvalue weighted by atomic mass is 79.9. The number of hydrogen-bond acceptors (Lipinski definition) is 3. The Bertz CT molecular complexity index is 573. The topological polar surface area (TPSA) is 31.4 Å². The lowest BCUT2D eigenvalue weighted by Gasteiger charge is -2.11. The van der Waals surface area contributed by atoms with Crippen LogP contribution in [0, 0.1) is 6.92 Å². The van der Waals surface area contributed by atoms with Crippen LogP contribution in [-0.2, 0) is 0 Å². The smallest absolute Gasteiger partial charge is 0.233 e. The highest BCUT2D eigenvalue weighted by Gasteiger charge is 2.09. The quantitative estimate of drug-likeness (QED) is 0.781. The van der Waals surface area contributed by atoms with E-state index in [1.54, 1.807) is 13.3 Å². The molecule has 0 spiro atoms. The van der Waals surface area contributed by atoms with Crippen LogP contribution in [0.2, 0.25) is 0 Å². The average Bonchev–Trinajstić information content (AvgIpc) is 2.34. The first-order valence-electron chi connectivity index (χ1n) is 5.23. The molecule has 18 heavy (non-hydrogen) atoms. The SMILES string of the molecule is COc1cc(C)ccc1Oc1ncc(Br)cc1Br. The molecule has 0 saturated heterocycles. The number of nitrogens with zero attached hydrogens (tertiary/aromatic N) is 1. The lowest BCUT2D eigenvalue weighted by molar-refractivity contribution is 0.373. The molecule has 0 saturated carbocycles. The van der Waals surface area contributed by atoms with Crippen molar-refractivity contribution in [1.82, 2.24) is 4.98 Å². The van der Waals surface area contributed by atoms with Crippen LogP contribution in [0.15, 0.2) is 39.4 Å². The van der Waals surface area contributed by atoms with E-state index in [9.17, 15) is 0 Å². The molecule has 0 bridgehead atoms. The van der Waals surface area contributed by atoms with Crippen molar-refractivity contribution < 1.29 is 9.47 Å². The number of rotatable bonds is 3. The number of hydrogen-bond donors (Lipinski definition) is 0. The number of ether oxygens (including phenoxy) is 2. The van der Waals surface area contributed by atoms with Crippen molar-refractivity contribution in [3.05, 3.63) is 45.0 Å². The summed E-state index contributed by atoms with van der Waals surface area (Å²) in [7, 11) is 1.62. The van der Waals surface area contributed by atoms with E-state index in [0.717, 1.165) is 14.5 Å². The zero-order valence-electron chi connectivity index (χ0n) is 9.91. The Hall–Kier alpha value is -1.07. The van der Waals surface area contributed by atoms with Gasteiger partial charge in [0, 0.05) is 10.7 Å². The number of pyridine rings is 1. The van der Waals surface area contributed by atoms with E-state index in [1.165, 1.54) is 0 Å². The van der Waals surface area contributed by atoms with Crippen LogP contribution in [0.1, 0.15) is 5.56 Å². The van der Waals surface area contributed by atoms with E-state index < -0.39 is 0 Å². The summed E-state index contributed by atoms with van der Waals surface area (Å²) in [5.41, 5.74) is 1.11. The van der Waals surface area contributed by atoms with Gasteiger partial charge in [-0.3, -0.25) is 0 Å². The fraction of sp³-hybridized carbons (Fsp3) is 0.154. The summed E-state index contributed by atoms with van der Waals surface area (Å²) in [6.07, 6.45) is 1.68. The van der Waals surface area contributed by atoms with Gasteiger partial charge in [0.2, 0.25) is 5.88 Å². The van der Waals surface area contributed by atoms with Gasteiger partial charge in [-0.25, -0.2) is 4.98 Å². The van der Waals surface area contributed by atoms with Crippen molar-refractivity contribution in [2.45, 2.75) is 6.92 Å². The zero-order chi connectivity index (χ0) is 13.1. The number of aromatic nitrogens is 1. The van der Waals surface area contributed by atoms with Gasteiger partial charge in [-0.2, -0.15) is 0 Å². The second-order valence-corrected chi connectivity index (χ2v) is 5.47. The molecule has 2 rings (SSSR count). The van der Waals surface area contributed by atoms with Crippen LogP contribution in [0.5, 0.6) is 17.4 Å². The minimum Gasteiger partial charge on any atom is -0.493 e. The third-order valence-electron chi connectivity index (χ3n) is 2.30. The van der Waals surface area contributed by atoms with Crippen LogP contribution in [0.3, 0.4) is 0 Å². The lowest BCUT2D eigenvalue weighted by atomic mass is 10.2. The molecule has 1 aromatic carbocycles. The van der Waals surface area contributed by atoms with Gasteiger partial charge < -0.3 is 9.47 Å². The van der Waals surface area contributed by atoms with Crippen LogP contribution in [0.25, 0.3) is 0 Å². The third-order valence-corrected chi connectivity index (χ3v) is 3.30. The Morgan fingerprint density at radius 1 is 1.11 bits per heavy atom. The minimum atomic E-state index is 0.500. The Balaban J connectivity index is 2.33. The first-order valence-corrected chi connectivity index (χ1v) is 6.82. The molecule has 2 aromatic rings. The molecule has 0 aliphatic rings. The fourth-order valence-corrected chi connectivity index (χ4v) is 2.51. The summed E-state index contributed by atoms with van der Waals surface area (Å²) in [5, 5.41) is 0. The minimum absolute atomic E-state index is 0.500. The van der Waals surface area contributed by atoms with E-state index >= 15 is 0 Å². The van der Waals surface area contributed by atoms with Gasteiger partial charge in [-0.1, -0.05) is 6.07 Å². The number of benzene rings is 1. The van der Waals surface area contributed by atoms with Gasteiger partial charge in [0.05, 0.1) is 11.6 Å². The summed E-state index contributed by atoms with van der Waals surface area (Å²) >= 11 is 6.75. The maximum atomic E-state index is 5.74. The van der Waals surface area contributed by atoms with Gasteiger partial charge in [0.15, 0.2) is 11.5 Å². The molecule has 0 fully saturated rings. The largest absolute Gasteiger partial charge is 0.493 e. The van der Waals surface area contributed by atoms with Crippen molar-refractivity contribution in [2.75, 3.05) is 7.11 Å². The Kier molecular flexibility index (Phi) is 4.24. The predicted molar refractivity (Wildman–Crippen MR) is 77.4 cm³/mol. The standard InChI is InChI=1S/C13H11Br2NO2/c1-8-3-4-11(12(5-8)17-2)18-13-10(15)6-9(14)7-16-13/h3-7H,1-2H3. The molecule has 94 valence electrons. The summed E-state index contributed by atoms with van der Waals surface area (Å²) in [4.78, 5) is 4.20. The average molecular weight is 373 g/mol. The summed E-state index contributed by atoms with van der Waals surface area (Å²) < 4.78 is 12.7. The summed E-state index contributed by atoms with van der Waals surface area (Å²) in [6.45, 7) is 2.00. The van der Waals surface area contributed by atoms with Gasteiger partial charge in [0.25, 0.3) is 0 Å². The van der Waals surface area contributed by atoms with Crippen molar-refractivity contribution in [3.8, 4) is 17.4 Å². The molecule has 0 radical (unpaired) electrons. The predicted octanol–water partition coefficient (Wildman–Crippen LogP) is 4.72. The van der Waals surface area contributed by atoms with Crippen LogP contribution < -0.4 is 9.47 Å². The highest BCUT2D eigenvalue weighted by molar-refractivity contribution is 9.11. The molecule has 1 heterocycles. The van der Waals surface area contributed by atoms with E-state index in [1.807, 2.05) is 31.2 Å². The maximum absolute atomic E-state index is 5.74. The summed E-state index contributed by atoms with van der Waals surface area (Å²) in [5.74, 6) is 1.82. The number of methoxy groups -OCH3 is 1. The molecule has 0 N–H and O–H groups in total. The van der Waals surface area contributed by atoms with E-state index in [0.29, 0.717) is 17.4 Å². The van der Waals surface area contributed by atoms with Crippen molar-refractivity contribution >= 4 is 31.9 Å². The van der Waals surface area contributed by atoms with Crippen molar-refractivity contribution in [1.29, 1.82) is 0 Å². The van der Waals surface area contributed by atoms with Gasteiger partial charge in [0.1, 0.15) is 0 Å². The molecular formula is C13H11Br2NO2. The van der Waals surface area contributed by atoms with Gasteiger partial charge in [-0.15, -0.1) is 0 Å². The van der Waals surface area contributed by atoms with Crippen LogP contribution in [-0.4, -0.2) is 12.1 Å². The molecule has 0 atom stereocenters. The second kappa shape index (κ2) is 5.71. The molecule has 5 heteroatoms. The highest BCUT2D eigenvalue weighted by Crippen LogP contribution is 2.35. The van der Waals surface area contributed by atoms with Gasteiger partial charge >= 0.3 is 0 Å². The molecule has 0 amide bonds. The Morgan fingerprint density at radius 2 is 1.89 bits per heavy atom. The van der Waals surface area contributed by atoms with Gasteiger partial charge in [-0.05, 0) is 62.5 Å².